The summed E-state index contributed by atoms with van der Waals surface area (Å²) in [4.78, 5) is 27.0. The van der Waals surface area contributed by atoms with Crippen LogP contribution in [0, 0.1) is 6.92 Å². The van der Waals surface area contributed by atoms with Crippen LogP contribution in [0.2, 0.25) is 0 Å². The molecule has 0 amide bonds. The fourth-order valence-corrected chi connectivity index (χ4v) is 2.70. The Bertz CT molecular complexity index is 827. The molecule has 0 aliphatic rings. The topological polar surface area (TPSA) is 109 Å². The Morgan fingerprint density at radius 2 is 1.96 bits per heavy atom. The van der Waals surface area contributed by atoms with Crippen LogP contribution in [0.3, 0.4) is 0 Å². The number of hydrogen-bond donors (Lipinski definition) is 3. The summed E-state index contributed by atoms with van der Waals surface area (Å²) in [5.74, 6) is -1.32. The molecule has 7 heteroatoms. The van der Waals surface area contributed by atoms with E-state index in [1.54, 1.807) is 19.9 Å². The van der Waals surface area contributed by atoms with Gasteiger partial charge in [0.1, 0.15) is 5.75 Å². The van der Waals surface area contributed by atoms with Crippen molar-refractivity contribution in [2.24, 2.45) is 0 Å². The molecule has 0 fully saturated rings. The fraction of sp³-hybridized carbons (Fsp3) is 0.333. The van der Waals surface area contributed by atoms with Gasteiger partial charge in [0.2, 0.25) is 0 Å². The van der Waals surface area contributed by atoms with E-state index < -0.39 is 17.4 Å². The summed E-state index contributed by atoms with van der Waals surface area (Å²) in [6, 6.07) is 5.93. The summed E-state index contributed by atoms with van der Waals surface area (Å²) >= 11 is 0. The number of carbonyl (C=O) groups is 1. The van der Waals surface area contributed by atoms with Gasteiger partial charge in [-0.1, -0.05) is 6.07 Å². The molecule has 0 aliphatic carbocycles. The van der Waals surface area contributed by atoms with Crippen LogP contribution >= 0.6 is 0 Å². The molecule has 0 saturated heterocycles. The molecule has 1 aromatic carbocycles. The molecule has 0 saturated carbocycles. The van der Waals surface area contributed by atoms with Gasteiger partial charge in [-0.05, 0) is 37.6 Å². The summed E-state index contributed by atoms with van der Waals surface area (Å²) in [6.07, 6.45) is -0.137. The van der Waals surface area contributed by atoms with E-state index in [0.717, 1.165) is 0 Å². The predicted molar refractivity (Wildman–Crippen MR) is 91.2 cm³/mol. The van der Waals surface area contributed by atoms with E-state index in [1.807, 2.05) is 0 Å². The average molecular weight is 347 g/mol. The Morgan fingerprint density at radius 3 is 2.56 bits per heavy atom. The summed E-state index contributed by atoms with van der Waals surface area (Å²) in [7, 11) is 1.40. The van der Waals surface area contributed by atoms with Gasteiger partial charge in [-0.2, -0.15) is 0 Å². The number of ether oxygens (including phenoxy) is 2. The minimum atomic E-state index is -0.752. The van der Waals surface area contributed by atoms with Crippen molar-refractivity contribution >= 4 is 5.97 Å². The maximum absolute atomic E-state index is 12.4. The second-order valence-corrected chi connectivity index (χ2v) is 5.57. The van der Waals surface area contributed by atoms with Crippen LogP contribution in [-0.2, 0) is 9.53 Å². The lowest BCUT2D eigenvalue weighted by Gasteiger charge is -2.19. The first-order valence-corrected chi connectivity index (χ1v) is 7.82. The maximum atomic E-state index is 12.4. The van der Waals surface area contributed by atoms with Crippen LogP contribution in [0.1, 0.15) is 36.1 Å². The van der Waals surface area contributed by atoms with Crippen molar-refractivity contribution < 1.29 is 24.5 Å². The van der Waals surface area contributed by atoms with Crippen LogP contribution in [0.25, 0.3) is 0 Å². The molecular weight excluding hydrogens is 326 g/mol. The third kappa shape index (κ3) is 4.12. The van der Waals surface area contributed by atoms with Crippen molar-refractivity contribution in [1.82, 2.24) is 4.98 Å². The number of aromatic nitrogens is 1. The van der Waals surface area contributed by atoms with Crippen LogP contribution in [0.15, 0.2) is 29.1 Å². The quantitative estimate of drug-likeness (QED) is 0.691. The highest BCUT2D eigenvalue weighted by molar-refractivity contribution is 5.72. The Morgan fingerprint density at radius 1 is 1.24 bits per heavy atom. The SMILES string of the molecule is CCOC(=O)CC(c1ccc(O)c(OC)c1)c1c(O)cc(C)[nH]c1=O. The van der Waals surface area contributed by atoms with Crippen molar-refractivity contribution in [2.45, 2.75) is 26.2 Å². The molecule has 25 heavy (non-hydrogen) atoms. The monoisotopic (exact) mass is 347 g/mol. The third-order valence-electron chi connectivity index (χ3n) is 3.82. The highest BCUT2D eigenvalue weighted by atomic mass is 16.5. The Balaban J connectivity index is 2.58. The van der Waals surface area contributed by atoms with Gasteiger partial charge in [-0.15, -0.1) is 0 Å². The molecule has 3 N–H and O–H groups in total. The average Bonchev–Trinajstić information content (AvgIpc) is 2.53. The van der Waals surface area contributed by atoms with Gasteiger partial charge in [-0.25, -0.2) is 0 Å². The van der Waals surface area contributed by atoms with Gasteiger partial charge in [0.05, 0.1) is 25.7 Å². The van der Waals surface area contributed by atoms with Crippen molar-refractivity contribution in [1.29, 1.82) is 0 Å². The zero-order valence-electron chi connectivity index (χ0n) is 14.3. The summed E-state index contributed by atoms with van der Waals surface area (Å²) in [6.45, 7) is 3.54. The number of carbonyl (C=O) groups excluding carboxylic acids is 1. The normalized spacial score (nSPS) is 11.8. The number of hydrogen-bond acceptors (Lipinski definition) is 6. The lowest BCUT2D eigenvalue weighted by molar-refractivity contribution is -0.143. The lowest BCUT2D eigenvalue weighted by Crippen LogP contribution is -2.21. The molecule has 7 nitrogen and oxygen atoms in total. The molecule has 134 valence electrons. The number of benzene rings is 1. The molecule has 1 unspecified atom stereocenters. The third-order valence-corrected chi connectivity index (χ3v) is 3.82. The van der Waals surface area contributed by atoms with Crippen molar-refractivity contribution in [3.63, 3.8) is 0 Å². The molecule has 1 atom stereocenters. The first-order chi connectivity index (χ1) is 11.9. The minimum Gasteiger partial charge on any atom is -0.507 e. The van der Waals surface area contributed by atoms with E-state index in [0.29, 0.717) is 11.3 Å². The number of aromatic amines is 1. The minimum absolute atomic E-state index is 0.0615. The smallest absolute Gasteiger partial charge is 0.306 e. The first kappa shape index (κ1) is 18.4. The Labute approximate surface area is 144 Å². The van der Waals surface area contributed by atoms with E-state index in [1.165, 1.54) is 25.3 Å². The molecule has 2 rings (SSSR count). The number of methoxy groups -OCH3 is 1. The number of phenols is 1. The van der Waals surface area contributed by atoms with Gasteiger partial charge >= 0.3 is 5.97 Å². The van der Waals surface area contributed by atoms with Crippen LogP contribution in [0.5, 0.6) is 17.2 Å². The Kier molecular flexibility index (Phi) is 5.69. The number of nitrogens with one attached hydrogen (secondary N) is 1. The molecule has 2 aromatic rings. The van der Waals surface area contributed by atoms with Crippen LogP contribution in [-0.4, -0.2) is 34.9 Å². The number of pyridine rings is 1. The number of phenolic OH excluding ortho intramolecular Hbond substituents is 1. The maximum Gasteiger partial charge on any atom is 0.306 e. The lowest BCUT2D eigenvalue weighted by atomic mass is 9.88. The molecule has 0 bridgehead atoms. The largest absolute Gasteiger partial charge is 0.507 e. The van der Waals surface area contributed by atoms with Gasteiger partial charge in [0.15, 0.2) is 11.5 Å². The predicted octanol–water partition coefficient (Wildman–Crippen LogP) is 2.19. The standard InChI is InChI=1S/C18H21NO6/c1-4-25-16(22)9-12(11-5-6-13(20)15(8-11)24-3)17-14(21)7-10(2)19-18(17)23/h5-8,12,20H,4,9H2,1-3H3,(H2,19,21,23). The molecule has 1 aromatic heterocycles. The first-order valence-electron chi connectivity index (χ1n) is 7.82. The molecule has 1 heterocycles. The second kappa shape index (κ2) is 7.74. The number of esters is 1. The number of aryl methyl sites for hydroxylation is 1. The van der Waals surface area contributed by atoms with E-state index in [9.17, 15) is 19.8 Å². The van der Waals surface area contributed by atoms with Crippen LogP contribution in [0.4, 0.5) is 0 Å². The van der Waals surface area contributed by atoms with Gasteiger partial charge in [0, 0.05) is 11.6 Å². The van der Waals surface area contributed by atoms with Gasteiger partial charge in [-0.3, -0.25) is 9.59 Å². The number of rotatable bonds is 6. The van der Waals surface area contributed by atoms with Gasteiger partial charge < -0.3 is 24.7 Å². The number of aromatic hydroxyl groups is 2. The second-order valence-electron chi connectivity index (χ2n) is 5.57. The molecule has 0 radical (unpaired) electrons. The van der Waals surface area contributed by atoms with E-state index >= 15 is 0 Å². The summed E-state index contributed by atoms with van der Waals surface area (Å²) < 4.78 is 10.1. The molecule has 0 spiro atoms. The van der Waals surface area contributed by atoms with Crippen molar-refractivity contribution in [3.8, 4) is 17.2 Å². The van der Waals surface area contributed by atoms with Crippen molar-refractivity contribution in [2.75, 3.05) is 13.7 Å². The summed E-state index contributed by atoms with van der Waals surface area (Å²) in [5.41, 5.74) is 0.613. The number of H-pyrrole nitrogens is 1. The van der Waals surface area contributed by atoms with Gasteiger partial charge in [0.25, 0.3) is 5.56 Å². The zero-order chi connectivity index (χ0) is 18.6. The summed E-state index contributed by atoms with van der Waals surface area (Å²) in [5, 5.41) is 20.0. The highest BCUT2D eigenvalue weighted by Gasteiger charge is 2.26. The van der Waals surface area contributed by atoms with E-state index in [-0.39, 0.29) is 35.8 Å². The van der Waals surface area contributed by atoms with Crippen LogP contribution < -0.4 is 10.3 Å². The molecular formula is C18H21NO6. The fourth-order valence-electron chi connectivity index (χ4n) is 2.70. The van der Waals surface area contributed by atoms with E-state index in [2.05, 4.69) is 4.98 Å². The highest BCUT2D eigenvalue weighted by Crippen LogP contribution is 2.36. The van der Waals surface area contributed by atoms with E-state index in [4.69, 9.17) is 9.47 Å². The van der Waals surface area contributed by atoms with Crippen molar-refractivity contribution in [3.05, 3.63) is 51.4 Å². The Hall–Kier alpha value is -2.96. The molecule has 0 aliphatic heterocycles. The zero-order valence-corrected chi connectivity index (χ0v) is 14.3.